The molecule has 0 radical (unpaired) electrons. The Labute approximate surface area is 116 Å². The van der Waals surface area contributed by atoms with Gasteiger partial charge in [0.25, 0.3) is 0 Å². The Morgan fingerprint density at radius 1 is 1.26 bits per heavy atom. The number of nitrogens with one attached hydrogen (secondary N) is 1. The molecule has 0 spiro atoms. The zero-order chi connectivity index (χ0) is 13.7. The highest BCUT2D eigenvalue weighted by molar-refractivity contribution is 5.75. The van der Waals surface area contributed by atoms with Crippen molar-refractivity contribution >= 4 is 6.03 Å². The molecule has 2 amide bonds. The Kier molecular flexibility index (Phi) is 5.49. The third-order valence-corrected chi connectivity index (χ3v) is 4.21. The first-order valence-electron chi connectivity index (χ1n) is 7.76. The second-order valence-electron chi connectivity index (χ2n) is 6.19. The van der Waals surface area contributed by atoms with Gasteiger partial charge >= 0.3 is 6.03 Å². The molecule has 0 bridgehead atoms. The Hall–Kier alpha value is -0.770. The number of amides is 2. The molecule has 4 heteroatoms. The third-order valence-electron chi connectivity index (χ3n) is 4.21. The molecule has 4 nitrogen and oxygen atoms in total. The van der Waals surface area contributed by atoms with Crippen molar-refractivity contribution < 1.29 is 9.53 Å². The molecular weight excluding hydrogens is 240 g/mol. The van der Waals surface area contributed by atoms with Crippen LogP contribution < -0.4 is 5.32 Å². The summed E-state index contributed by atoms with van der Waals surface area (Å²) < 4.78 is 5.08. The summed E-state index contributed by atoms with van der Waals surface area (Å²) in [5.41, 5.74) is 0. The van der Waals surface area contributed by atoms with Gasteiger partial charge in [0.05, 0.1) is 12.6 Å². The molecule has 0 aromatic heterocycles. The van der Waals surface area contributed by atoms with Gasteiger partial charge in [-0.25, -0.2) is 4.79 Å². The van der Waals surface area contributed by atoms with E-state index in [1.165, 1.54) is 44.9 Å². The van der Waals surface area contributed by atoms with Crippen LogP contribution in [0.3, 0.4) is 0 Å². The molecule has 2 saturated carbocycles. The molecule has 110 valence electrons. The lowest BCUT2D eigenvalue weighted by Gasteiger charge is -2.31. The van der Waals surface area contributed by atoms with Crippen LogP contribution in [-0.2, 0) is 4.74 Å². The monoisotopic (exact) mass is 268 g/mol. The molecule has 2 aliphatic carbocycles. The number of hydrogen-bond acceptors (Lipinski definition) is 2. The van der Waals surface area contributed by atoms with Crippen LogP contribution in [-0.4, -0.2) is 43.3 Å². The van der Waals surface area contributed by atoms with Crippen LogP contribution in [0.15, 0.2) is 0 Å². The predicted molar refractivity (Wildman–Crippen MR) is 76.2 cm³/mol. The topological polar surface area (TPSA) is 41.6 Å². The van der Waals surface area contributed by atoms with Crippen LogP contribution in [0.1, 0.15) is 51.9 Å². The molecule has 19 heavy (non-hydrogen) atoms. The minimum Gasteiger partial charge on any atom is -0.383 e. The van der Waals surface area contributed by atoms with Crippen LogP contribution in [0.25, 0.3) is 0 Å². The summed E-state index contributed by atoms with van der Waals surface area (Å²) in [7, 11) is 1.67. The molecule has 2 rings (SSSR count). The third kappa shape index (κ3) is 4.68. The first-order chi connectivity index (χ1) is 9.20. The second-order valence-corrected chi connectivity index (χ2v) is 6.19. The first-order valence-corrected chi connectivity index (χ1v) is 7.76. The van der Waals surface area contributed by atoms with Gasteiger partial charge in [-0.05, 0) is 38.5 Å². The lowest BCUT2D eigenvalue weighted by molar-refractivity contribution is 0.150. The maximum atomic E-state index is 12.3. The average Bonchev–Trinajstić information content (AvgIpc) is 3.21. The summed E-state index contributed by atoms with van der Waals surface area (Å²) in [5, 5.41) is 3.05. The zero-order valence-electron chi connectivity index (χ0n) is 12.4. The molecule has 0 aromatic rings. The van der Waals surface area contributed by atoms with Crippen LogP contribution in [0.4, 0.5) is 4.79 Å². The number of carbonyl (C=O) groups excluding carboxylic acids is 1. The van der Waals surface area contributed by atoms with Crippen molar-refractivity contribution in [2.24, 2.45) is 5.92 Å². The Balaban J connectivity index is 1.82. The molecule has 2 fully saturated rings. The number of methoxy groups -OCH3 is 1. The molecule has 0 aliphatic heterocycles. The summed E-state index contributed by atoms with van der Waals surface area (Å²) in [4.78, 5) is 14.4. The second kappa shape index (κ2) is 7.13. The molecule has 0 heterocycles. The fourth-order valence-electron chi connectivity index (χ4n) is 3.02. The Morgan fingerprint density at radius 2 is 1.95 bits per heavy atom. The van der Waals surface area contributed by atoms with Gasteiger partial charge in [-0.3, -0.25) is 0 Å². The van der Waals surface area contributed by atoms with E-state index in [-0.39, 0.29) is 12.1 Å². The van der Waals surface area contributed by atoms with Crippen LogP contribution in [0.2, 0.25) is 0 Å². The Bertz CT molecular complexity index is 286. The normalized spacial score (nSPS) is 22.0. The van der Waals surface area contributed by atoms with Crippen molar-refractivity contribution in [2.45, 2.75) is 64.0 Å². The molecule has 0 saturated heterocycles. The lowest BCUT2D eigenvalue weighted by atomic mass is 9.89. The highest BCUT2D eigenvalue weighted by atomic mass is 16.5. The number of ether oxygens (including phenoxy) is 1. The van der Waals surface area contributed by atoms with Crippen molar-refractivity contribution in [1.82, 2.24) is 10.2 Å². The highest BCUT2D eigenvalue weighted by Crippen LogP contribution is 2.31. The van der Waals surface area contributed by atoms with E-state index in [4.69, 9.17) is 4.74 Å². The fourth-order valence-corrected chi connectivity index (χ4v) is 3.02. The van der Waals surface area contributed by atoms with Crippen LogP contribution >= 0.6 is 0 Å². The summed E-state index contributed by atoms with van der Waals surface area (Å²) in [5.74, 6) is 0.720. The Morgan fingerprint density at radius 3 is 2.53 bits per heavy atom. The van der Waals surface area contributed by atoms with Crippen molar-refractivity contribution in [3.63, 3.8) is 0 Å². The van der Waals surface area contributed by atoms with Gasteiger partial charge in [-0.15, -0.1) is 0 Å². The van der Waals surface area contributed by atoms with Gasteiger partial charge in [0.2, 0.25) is 0 Å². The SMILES string of the molecule is COCC(C)NC(=O)N(CC1CCCCC1)C1CC1. The number of urea groups is 1. The molecule has 2 aliphatic rings. The number of hydrogen-bond donors (Lipinski definition) is 1. The van der Waals surface area contributed by atoms with Gasteiger partial charge in [-0.1, -0.05) is 19.3 Å². The highest BCUT2D eigenvalue weighted by Gasteiger charge is 2.34. The minimum atomic E-state index is 0.0881. The van der Waals surface area contributed by atoms with E-state index >= 15 is 0 Å². The van der Waals surface area contributed by atoms with E-state index in [2.05, 4.69) is 10.2 Å². The first kappa shape index (κ1) is 14.6. The van der Waals surface area contributed by atoms with Crippen molar-refractivity contribution in [3.05, 3.63) is 0 Å². The van der Waals surface area contributed by atoms with E-state index in [1.807, 2.05) is 6.92 Å². The van der Waals surface area contributed by atoms with Crippen LogP contribution in [0, 0.1) is 5.92 Å². The van der Waals surface area contributed by atoms with Gasteiger partial charge in [0.1, 0.15) is 0 Å². The fraction of sp³-hybridized carbons (Fsp3) is 0.933. The van der Waals surface area contributed by atoms with Gasteiger partial charge in [0.15, 0.2) is 0 Å². The summed E-state index contributed by atoms with van der Waals surface area (Å²) in [6.07, 6.45) is 9.00. The van der Waals surface area contributed by atoms with E-state index in [0.29, 0.717) is 12.6 Å². The number of carbonyl (C=O) groups is 1. The van der Waals surface area contributed by atoms with Gasteiger partial charge in [-0.2, -0.15) is 0 Å². The molecule has 1 N–H and O–H groups in total. The number of nitrogens with zero attached hydrogens (tertiary/aromatic N) is 1. The molecule has 1 unspecified atom stereocenters. The van der Waals surface area contributed by atoms with Crippen molar-refractivity contribution in [2.75, 3.05) is 20.3 Å². The molecule has 0 aromatic carbocycles. The van der Waals surface area contributed by atoms with Gasteiger partial charge in [0, 0.05) is 19.7 Å². The average molecular weight is 268 g/mol. The minimum absolute atomic E-state index is 0.0881. The summed E-state index contributed by atoms with van der Waals surface area (Å²) in [6.45, 7) is 3.52. The predicted octanol–water partition coefficient (Wildman–Crippen LogP) is 2.78. The zero-order valence-corrected chi connectivity index (χ0v) is 12.4. The summed E-state index contributed by atoms with van der Waals surface area (Å²) in [6, 6.07) is 0.694. The lowest BCUT2D eigenvalue weighted by Crippen LogP contribution is -2.48. The maximum Gasteiger partial charge on any atom is 0.317 e. The maximum absolute atomic E-state index is 12.3. The molecule has 1 atom stereocenters. The quantitative estimate of drug-likeness (QED) is 0.805. The van der Waals surface area contributed by atoms with E-state index < -0.39 is 0 Å². The van der Waals surface area contributed by atoms with E-state index in [0.717, 1.165) is 12.5 Å². The smallest absolute Gasteiger partial charge is 0.317 e. The standard InChI is InChI=1S/C15H28N2O2/c1-12(11-19-2)16-15(18)17(14-8-9-14)10-13-6-4-3-5-7-13/h12-14H,3-11H2,1-2H3,(H,16,18). The van der Waals surface area contributed by atoms with E-state index in [9.17, 15) is 4.79 Å². The number of rotatable bonds is 6. The van der Waals surface area contributed by atoms with Crippen LogP contribution in [0.5, 0.6) is 0 Å². The van der Waals surface area contributed by atoms with Gasteiger partial charge < -0.3 is 15.0 Å². The van der Waals surface area contributed by atoms with Crippen molar-refractivity contribution in [3.8, 4) is 0 Å². The van der Waals surface area contributed by atoms with Crippen molar-refractivity contribution in [1.29, 1.82) is 0 Å². The summed E-state index contributed by atoms with van der Waals surface area (Å²) >= 11 is 0. The van der Waals surface area contributed by atoms with E-state index in [1.54, 1.807) is 7.11 Å². The largest absolute Gasteiger partial charge is 0.383 e. The molecular formula is C15H28N2O2.